The molecule has 4 heteroatoms. The average molecular weight is 261 g/mol. The first-order valence-electron chi connectivity index (χ1n) is 6.93. The summed E-state index contributed by atoms with van der Waals surface area (Å²) in [5.74, 6) is 0.0549. The van der Waals surface area contributed by atoms with E-state index >= 15 is 0 Å². The van der Waals surface area contributed by atoms with E-state index in [-0.39, 0.29) is 5.91 Å². The van der Waals surface area contributed by atoms with Gasteiger partial charge in [-0.05, 0) is 57.2 Å². The number of carbonyl (C=O) groups excluding carboxylic acids is 1. The Morgan fingerprint density at radius 3 is 3.05 bits per heavy atom. The predicted octanol–water partition coefficient (Wildman–Crippen LogP) is 1.01. The van der Waals surface area contributed by atoms with Crippen LogP contribution >= 0.6 is 0 Å². The Balaban J connectivity index is 1.95. The maximum Gasteiger partial charge on any atom is 0.251 e. The van der Waals surface area contributed by atoms with E-state index in [1.165, 1.54) is 11.1 Å². The standard InChI is InChI=1S/C15H23N3O/c1-18(2)10-4-8-17-15(19)13-6-3-5-12-7-9-16-11-14(12)13/h3,5-6,16H,4,7-11H2,1-2H3,(H,17,19). The van der Waals surface area contributed by atoms with Crippen molar-refractivity contribution in [3.63, 3.8) is 0 Å². The van der Waals surface area contributed by atoms with Crippen molar-refractivity contribution in [2.45, 2.75) is 19.4 Å². The molecule has 0 saturated heterocycles. The molecule has 0 aliphatic carbocycles. The second-order valence-corrected chi connectivity index (χ2v) is 5.28. The molecule has 0 saturated carbocycles. The third-order valence-electron chi connectivity index (χ3n) is 3.46. The largest absolute Gasteiger partial charge is 0.352 e. The predicted molar refractivity (Wildman–Crippen MR) is 77.4 cm³/mol. The molecular weight excluding hydrogens is 238 g/mol. The molecule has 19 heavy (non-hydrogen) atoms. The van der Waals surface area contributed by atoms with E-state index in [1.54, 1.807) is 0 Å². The summed E-state index contributed by atoms with van der Waals surface area (Å²) in [7, 11) is 4.09. The number of benzene rings is 1. The van der Waals surface area contributed by atoms with Gasteiger partial charge in [-0.3, -0.25) is 4.79 Å². The van der Waals surface area contributed by atoms with Crippen LogP contribution in [0.2, 0.25) is 0 Å². The minimum Gasteiger partial charge on any atom is -0.352 e. The average Bonchev–Trinajstić information content (AvgIpc) is 2.42. The van der Waals surface area contributed by atoms with Crippen molar-refractivity contribution in [2.75, 3.05) is 33.7 Å². The monoisotopic (exact) mass is 261 g/mol. The first-order valence-corrected chi connectivity index (χ1v) is 6.93. The highest BCUT2D eigenvalue weighted by Crippen LogP contribution is 2.18. The SMILES string of the molecule is CN(C)CCCNC(=O)c1cccc2c1CNCC2. The smallest absolute Gasteiger partial charge is 0.251 e. The zero-order valence-corrected chi connectivity index (χ0v) is 11.8. The van der Waals surface area contributed by atoms with Gasteiger partial charge in [-0.2, -0.15) is 0 Å². The number of fused-ring (bicyclic) bond motifs is 1. The van der Waals surface area contributed by atoms with E-state index in [2.05, 4.69) is 21.6 Å². The van der Waals surface area contributed by atoms with Crippen LogP contribution < -0.4 is 10.6 Å². The first-order chi connectivity index (χ1) is 9.18. The molecule has 0 unspecified atom stereocenters. The van der Waals surface area contributed by atoms with Crippen molar-refractivity contribution in [1.29, 1.82) is 0 Å². The molecule has 0 bridgehead atoms. The quantitative estimate of drug-likeness (QED) is 0.778. The molecule has 0 atom stereocenters. The lowest BCUT2D eigenvalue weighted by atomic mass is 9.95. The van der Waals surface area contributed by atoms with E-state index in [9.17, 15) is 4.79 Å². The number of carbonyl (C=O) groups is 1. The van der Waals surface area contributed by atoms with E-state index < -0.39 is 0 Å². The number of amides is 1. The third kappa shape index (κ3) is 3.78. The van der Waals surface area contributed by atoms with Crippen molar-refractivity contribution < 1.29 is 4.79 Å². The summed E-state index contributed by atoms with van der Waals surface area (Å²) in [5.41, 5.74) is 3.30. The molecule has 1 aromatic rings. The maximum absolute atomic E-state index is 12.2. The molecule has 1 aliphatic heterocycles. The van der Waals surface area contributed by atoms with Crippen molar-refractivity contribution >= 4 is 5.91 Å². The summed E-state index contributed by atoms with van der Waals surface area (Å²) >= 11 is 0. The van der Waals surface area contributed by atoms with Gasteiger partial charge in [-0.1, -0.05) is 12.1 Å². The Morgan fingerprint density at radius 1 is 1.42 bits per heavy atom. The van der Waals surface area contributed by atoms with E-state index in [0.717, 1.165) is 44.6 Å². The fourth-order valence-electron chi connectivity index (χ4n) is 2.42. The van der Waals surface area contributed by atoms with Gasteiger partial charge >= 0.3 is 0 Å². The lowest BCUT2D eigenvalue weighted by molar-refractivity contribution is 0.0951. The second kappa shape index (κ2) is 6.68. The van der Waals surface area contributed by atoms with Gasteiger partial charge in [0.1, 0.15) is 0 Å². The molecule has 0 aromatic heterocycles. The number of nitrogens with zero attached hydrogens (tertiary/aromatic N) is 1. The highest BCUT2D eigenvalue weighted by Gasteiger charge is 2.16. The van der Waals surface area contributed by atoms with E-state index in [1.807, 2.05) is 26.2 Å². The maximum atomic E-state index is 12.2. The van der Waals surface area contributed by atoms with Crippen molar-refractivity contribution in [2.24, 2.45) is 0 Å². The molecule has 104 valence electrons. The van der Waals surface area contributed by atoms with Gasteiger partial charge in [0.05, 0.1) is 0 Å². The Kier molecular flexibility index (Phi) is 4.93. The van der Waals surface area contributed by atoms with Gasteiger partial charge in [0, 0.05) is 18.7 Å². The molecule has 0 fully saturated rings. The van der Waals surface area contributed by atoms with Gasteiger partial charge in [-0.15, -0.1) is 0 Å². The van der Waals surface area contributed by atoms with Crippen molar-refractivity contribution in [3.05, 3.63) is 34.9 Å². The number of hydrogen-bond acceptors (Lipinski definition) is 3. The first kappa shape index (κ1) is 14.0. The fourth-order valence-corrected chi connectivity index (χ4v) is 2.42. The lowest BCUT2D eigenvalue weighted by Crippen LogP contribution is -2.31. The molecule has 2 N–H and O–H groups in total. The van der Waals surface area contributed by atoms with Crippen LogP contribution in [0.15, 0.2) is 18.2 Å². The van der Waals surface area contributed by atoms with Crippen LogP contribution in [0.4, 0.5) is 0 Å². The van der Waals surface area contributed by atoms with Crippen LogP contribution in [0.1, 0.15) is 27.9 Å². The van der Waals surface area contributed by atoms with Crippen molar-refractivity contribution in [1.82, 2.24) is 15.5 Å². The molecule has 1 heterocycles. The minimum atomic E-state index is 0.0549. The van der Waals surface area contributed by atoms with Gasteiger partial charge < -0.3 is 15.5 Å². The third-order valence-corrected chi connectivity index (χ3v) is 3.46. The van der Waals surface area contributed by atoms with Gasteiger partial charge in [-0.25, -0.2) is 0 Å². The van der Waals surface area contributed by atoms with Crippen LogP contribution in [-0.4, -0.2) is 44.5 Å². The Morgan fingerprint density at radius 2 is 2.26 bits per heavy atom. The number of rotatable bonds is 5. The highest BCUT2D eigenvalue weighted by molar-refractivity contribution is 5.96. The molecule has 4 nitrogen and oxygen atoms in total. The summed E-state index contributed by atoms with van der Waals surface area (Å²) in [6, 6.07) is 6.03. The summed E-state index contributed by atoms with van der Waals surface area (Å²) in [5, 5.41) is 6.34. The summed E-state index contributed by atoms with van der Waals surface area (Å²) in [6.07, 6.45) is 1.99. The van der Waals surface area contributed by atoms with Crippen LogP contribution in [0, 0.1) is 0 Å². The molecule has 1 aliphatic rings. The fraction of sp³-hybridized carbons (Fsp3) is 0.533. The summed E-state index contributed by atoms with van der Waals surface area (Å²) < 4.78 is 0. The molecule has 2 rings (SSSR count). The Hall–Kier alpha value is -1.39. The number of hydrogen-bond donors (Lipinski definition) is 2. The second-order valence-electron chi connectivity index (χ2n) is 5.28. The molecule has 0 spiro atoms. The normalized spacial score (nSPS) is 14.3. The molecule has 0 radical (unpaired) electrons. The Bertz CT molecular complexity index is 443. The number of nitrogens with one attached hydrogen (secondary N) is 2. The molecule has 1 amide bonds. The zero-order valence-electron chi connectivity index (χ0n) is 11.8. The Labute approximate surface area is 115 Å². The minimum absolute atomic E-state index is 0.0549. The van der Waals surface area contributed by atoms with Gasteiger partial charge in [0.25, 0.3) is 5.91 Å². The van der Waals surface area contributed by atoms with E-state index in [4.69, 9.17) is 0 Å². The van der Waals surface area contributed by atoms with Gasteiger partial charge in [0.2, 0.25) is 0 Å². The topological polar surface area (TPSA) is 44.4 Å². The molecule has 1 aromatic carbocycles. The van der Waals surface area contributed by atoms with Crippen LogP contribution in [0.5, 0.6) is 0 Å². The molecular formula is C15H23N3O. The van der Waals surface area contributed by atoms with Crippen LogP contribution in [-0.2, 0) is 13.0 Å². The highest BCUT2D eigenvalue weighted by atomic mass is 16.1. The van der Waals surface area contributed by atoms with Crippen LogP contribution in [0.25, 0.3) is 0 Å². The van der Waals surface area contributed by atoms with Gasteiger partial charge in [0.15, 0.2) is 0 Å². The lowest BCUT2D eigenvalue weighted by Gasteiger charge is -2.20. The van der Waals surface area contributed by atoms with E-state index in [0.29, 0.717) is 0 Å². The van der Waals surface area contributed by atoms with Crippen molar-refractivity contribution in [3.8, 4) is 0 Å². The summed E-state index contributed by atoms with van der Waals surface area (Å²) in [6.45, 7) is 3.53. The summed E-state index contributed by atoms with van der Waals surface area (Å²) in [4.78, 5) is 14.3. The zero-order chi connectivity index (χ0) is 13.7. The van der Waals surface area contributed by atoms with Crippen LogP contribution in [0.3, 0.4) is 0 Å².